The minimum Gasteiger partial charge on any atom is -0.352 e. The summed E-state index contributed by atoms with van der Waals surface area (Å²) in [5.41, 5.74) is 2.39. The zero-order chi connectivity index (χ0) is 26.9. The summed E-state index contributed by atoms with van der Waals surface area (Å²) in [6.45, 7) is 1.69. The van der Waals surface area contributed by atoms with Crippen LogP contribution in [0.5, 0.6) is 0 Å². The summed E-state index contributed by atoms with van der Waals surface area (Å²) in [5, 5.41) is 12.0. The van der Waals surface area contributed by atoms with E-state index in [1.807, 2.05) is 17.1 Å². The Hall–Kier alpha value is -3.82. The number of nitrogens with zero attached hydrogens (tertiary/aromatic N) is 3. The minimum atomic E-state index is -0.978. The standard InChI is InChI=1S/C28H19BrClN3O5/c1-14-2-9-19(33(37)38)13-22(14)32-27(35)23-21-10-5-16-12-18(30)8-11-20(16)31(21)25(24(23)28(32)36)26(34)15-3-6-17(29)7-4-15/h2-13,21,23-25H,1H3/t21-,23+,24+,25-/m0/s1. The van der Waals surface area contributed by atoms with E-state index in [0.29, 0.717) is 21.8 Å². The van der Waals surface area contributed by atoms with E-state index in [2.05, 4.69) is 15.9 Å². The predicted octanol–water partition coefficient (Wildman–Crippen LogP) is 5.59. The molecule has 10 heteroatoms. The van der Waals surface area contributed by atoms with Gasteiger partial charge in [0, 0.05) is 32.9 Å². The maximum absolute atomic E-state index is 14.1. The molecule has 6 rings (SSSR count). The molecule has 0 radical (unpaired) electrons. The Labute approximate surface area is 230 Å². The zero-order valence-electron chi connectivity index (χ0n) is 19.9. The highest BCUT2D eigenvalue weighted by Gasteiger charge is 2.64. The van der Waals surface area contributed by atoms with Crippen LogP contribution < -0.4 is 9.80 Å². The second-order valence-corrected chi connectivity index (χ2v) is 10.9. The molecule has 0 saturated carbocycles. The van der Waals surface area contributed by atoms with Gasteiger partial charge in [0.05, 0.1) is 28.5 Å². The highest BCUT2D eigenvalue weighted by Crippen LogP contribution is 2.50. The number of rotatable bonds is 4. The molecule has 3 aromatic rings. The molecule has 3 aliphatic rings. The van der Waals surface area contributed by atoms with Gasteiger partial charge in [0.2, 0.25) is 11.8 Å². The maximum atomic E-state index is 14.1. The topological polar surface area (TPSA) is 101 Å². The number of nitro benzene ring substituents is 1. The van der Waals surface area contributed by atoms with E-state index in [9.17, 15) is 24.5 Å². The zero-order valence-corrected chi connectivity index (χ0v) is 22.2. The van der Waals surface area contributed by atoms with Crippen molar-refractivity contribution in [1.29, 1.82) is 0 Å². The molecule has 0 spiro atoms. The molecule has 3 aromatic carbocycles. The van der Waals surface area contributed by atoms with E-state index >= 15 is 0 Å². The van der Waals surface area contributed by atoms with Crippen LogP contribution in [-0.4, -0.2) is 34.6 Å². The molecule has 2 saturated heterocycles. The minimum absolute atomic E-state index is 0.164. The van der Waals surface area contributed by atoms with Crippen LogP contribution in [0, 0.1) is 28.9 Å². The predicted molar refractivity (Wildman–Crippen MR) is 146 cm³/mol. The van der Waals surface area contributed by atoms with Gasteiger partial charge in [-0.2, -0.15) is 0 Å². The summed E-state index contributed by atoms with van der Waals surface area (Å²) < 4.78 is 0.802. The number of fused-ring (bicyclic) bond motifs is 5. The maximum Gasteiger partial charge on any atom is 0.271 e. The fourth-order valence-corrected chi connectivity index (χ4v) is 6.26. The third-order valence-corrected chi connectivity index (χ3v) is 8.27. The van der Waals surface area contributed by atoms with Crippen LogP contribution in [-0.2, 0) is 9.59 Å². The first-order valence-electron chi connectivity index (χ1n) is 11.9. The number of imide groups is 1. The highest BCUT2D eigenvalue weighted by atomic mass is 79.9. The molecular formula is C28H19BrClN3O5. The Morgan fingerprint density at radius 3 is 2.39 bits per heavy atom. The van der Waals surface area contributed by atoms with Crippen LogP contribution in [0.15, 0.2) is 71.2 Å². The van der Waals surface area contributed by atoms with E-state index in [1.54, 1.807) is 49.4 Å². The van der Waals surface area contributed by atoms with Gasteiger partial charge in [-0.1, -0.05) is 57.9 Å². The SMILES string of the molecule is Cc1ccc([N+](=O)[O-])cc1N1C(=O)[C@@H]2[C@H](C1=O)[C@@H]1C=Cc3cc(Cl)ccc3N1[C@@H]2C(=O)c1ccc(Br)cc1. The largest absolute Gasteiger partial charge is 0.352 e. The summed E-state index contributed by atoms with van der Waals surface area (Å²) in [4.78, 5) is 55.8. The Balaban J connectivity index is 1.50. The monoisotopic (exact) mass is 591 g/mol. The third kappa shape index (κ3) is 3.60. The number of Topliss-reactive ketones (excluding diaryl/α,β-unsaturated/α-hetero) is 1. The third-order valence-electron chi connectivity index (χ3n) is 7.51. The van der Waals surface area contributed by atoms with Gasteiger partial charge >= 0.3 is 0 Å². The quantitative estimate of drug-likeness (QED) is 0.169. The molecular weight excluding hydrogens is 574 g/mol. The van der Waals surface area contributed by atoms with Crippen LogP contribution >= 0.6 is 27.5 Å². The summed E-state index contributed by atoms with van der Waals surface area (Å²) in [7, 11) is 0. The molecule has 0 aliphatic carbocycles. The van der Waals surface area contributed by atoms with Gasteiger partial charge in [-0.25, -0.2) is 4.90 Å². The second-order valence-electron chi connectivity index (χ2n) is 9.57. The van der Waals surface area contributed by atoms with Crippen LogP contribution in [0.1, 0.15) is 21.5 Å². The number of carbonyl (C=O) groups excluding carboxylic acids is 3. The van der Waals surface area contributed by atoms with Crippen molar-refractivity contribution in [3.63, 3.8) is 0 Å². The summed E-state index contributed by atoms with van der Waals surface area (Å²) in [6.07, 6.45) is 3.69. The van der Waals surface area contributed by atoms with E-state index in [1.165, 1.54) is 18.2 Å². The van der Waals surface area contributed by atoms with Crippen molar-refractivity contribution < 1.29 is 19.3 Å². The number of non-ortho nitro benzene ring substituents is 1. The van der Waals surface area contributed by atoms with Gasteiger partial charge in [0.1, 0.15) is 6.04 Å². The fourth-order valence-electron chi connectivity index (χ4n) is 5.82. The lowest BCUT2D eigenvalue weighted by Crippen LogP contribution is -2.49. The molecule has 3 aliphatic heterocycles. The van der Waals surface area contributed by atoms with Gasteiger partial charge in [0.15, 0.2) is 5.78 Å². The molecule has 8 nitrogen and oxygen atoms in total. The summed E-state index contributed by atoms with van der Waals surface area (Å²) in [5.74, 6) is -3.13. The number of aryl methyl sites for hydroxylation is 1. The first-order chi connectivity index (χ1) is 18.2. The number of carbonyl (C=O) groups is 3. The van der Waals surface area contributed by atoms with Crippen LogP contribution in [0.2, 0.25) is 5.02 Å². The average molecular weight is 593 g/mol. The molecule has 0 unspecified atom stereocenters. The Morgan fingerprint density at radius 1 is 0.974 bits per heavy atom. The van der Waals surface area contributed by atoms with Crippen molar-refractivity contribution in [1.82, 2.24) is 0 Å². The smallest absolute Gasteiger partial charge is 0.271 e. The Morgan fingerprint density at radius 2 is 1.68 bits per heavy atom. The molecule has 38 heavy (non-hydrogen) atoms. The van der Waals surface area contributed by atoms with Gasteiger partial charge in [-0.05, 0) is 48.4 Å². The van der Waals surface area contributed by atoms with Gasteiger partial charge in [0.25, 0.3) is 5.69 Å². The lowest BCUT2D eigenvalue weighted by Gasteiger charge is -2.36. The first kappa shape index (κ1) is 24.5. The van der Waals surface area contributed by atoms with E-state index in [-0.39, 0.29) is 17.2 Å². The average Bonchev–Trinajstić information content (AvgIpc) is 3.36. The van der Waals surface area contributed by atoms with Crippen LogP contribution in [0.25, 0.3) is 6.08 Å². The molecule has 190 valence electrons. The molecule has 0 N–H and O–H groups in total. The van der Waals surface area contributed by atoms with E-state index in [0.717, 1.165) is 14.9 Å². The van der Waals surface area contributed by atoms with Crippen molar-refractivity contribution in [2.45, 2.75) is 19.0 Å². The Bertz CT molecular complexity index is 1590. The lowest BCUT2D eigenvalue weighted by molar-refractivity contribution is -0.384. The van der Waals surface area contributed by atoms with Crippen molar-refractivity contribution in [2.75, 3.05) is 9.80 Å². The molecule has 0 aromatic heterocycles. The number of nitro groups is 1. The molecule has 2 fully saturated rings. The Kier molecular flexibility index (Phi) is 5.73. The van der Waals surface area contributed by atoms with Crippen molar-refractivity contribution in [3.8, 4) is 0 Å². The normalized spacial score (nSPS) is 23.3. The van der Waals surface area contributed by atoms with Gasteiger partial charge in [-0.15, -0.1) is 0 Å². The molecule has 0 bridgehead atoms. The summed E-state index contributed by atoms with van der Waals surface area (Å²) >= 11 is 9.61. The second kappa shape index (κ2) is 8.89. The first-order valence-corrected chi connectivity index (χ1v) is 13.0. The van der Waals surface area contributed by atoms with Crippen LogP contribution in [0.3, 0.4) is 0 Å². The molecule has 4 atom stereocenters. The van der Waals surface area contributed by atoms with Crippen molar-refractivity contribution >= 4 is 68.3 Å². The number of benzene rings is 3. The molecule has 3 heterocycles. The van der Waals surface area contributed by atoms with Crippen LogP contribution in [0.4, 0.5) is 17.1 Å². The lowest BCUT2D eigenvalue weighted by atomic mass is 9.86. The number of amides is 2. The highest BCUT2D eigenvalue weighted by molar-refractivity contribution is 9.10. The number of hydrogen-bond donors (Lipinski definition) is 0. The molecule has 2 amide bonds. The van der Waals surface area contributed by atoms with E-state index < -0.39 is 40.7 Å². The fraction of sp³-hybridized carbons (Fsp3) is 0.179. The number of ketones is 1. The number of anilines is 2. The summed E-state index contributed by atoms with van der Waals surface area (Å²) in [6, 6.07) is 14.7. The number of hydrogen-bond acceptors (Lipinski definition) is 6. The number of halogens is 2. The van der Waals surface area contributed by atoms with E-state index in [4.69, 9.17) is 11.6 Å². The van der Waals surface area contributed by atoms with Gasteiger partial charge in [-0.3, -0.25) is 24.5 Å². The van der Waals surface area contributed by atoms with Crippen molar-refractivity contribution in [2.24, 2.45) is 11.8 Å². The van der Waals surface area contributed by atoms with Gasteiger partial charge < -0.3 is 4.90 Å². The van der Waals surface area contributed by atoms with Crippen molar-refractivity contribution in [3.05, 3.63) is 103 Å².